The summed E-state index contributed by atoms with van der Waals surface area (Å²) in [6, 6.07) is 0. The van der Waals surface area contributed by atoms with Crippen LogP contribution in [0.2, 0.25) is 0 Å². The van der Waals surface area contributed by atoms with Gasteiger partial charge in [-0.3, -0.25) is 0 Å². The first-order chi connectivity index (χ1) is 7.79. The molecule has 0 aromatic heterocycles. The Balaban J connectivity index is 0.00000162. The summed E-state index contributed by atoms with van der Waals surface area (Å²) in [7, 11) is 0. The second-order valence-electron chi connectivity index (χ2n) is 5.83. The van der Waals surface area contributed by atoms with Gasteiger partial charge in [-0.15, -0.1) is 0 Å². The normalized spacial score (nSPS) is 48.6. The number of aliphatic hydroxyl groups is 2. The van der Waals surface area contributed by atoms with E-state index >= 15 is 0 Å². The van der Waals surface area contributed by atoms with E-state index in [4.69, 9.17) is 0 Å². The summed E-state index contributed by atoms with van der Waals surface area (Å²) >= 11 is 0. The van der Waals surface area contributed by atoms with E-state index in [1.807, 2.05) is 27.7 Å². The third kappa shape index (κ3) is 2.66. The molecule has 0 aromatic rings. The number of carbonyl (C=O) groups excluding carboxylic acids is 1. The van der Waals surface area contributed by atoms with Crippen molar-refractivity contribution in [1.82, 2.24) is 0 Å². The first kappa shape index (κ1) is 20.2. The Kier molecular flexibility index (Phi) is 6.93. The first-order valence-electron chi connectivity index (χ1n) is 6.45. The molecule has 1 saturated carbocycles. The SMILES string of the molecule is CC[C@]1(O)[C@@H](O)C(C)C2(CC(=O)[N-]2)[C@H](C)[C@@H]1C.[W].[Y]. The van der Waals surface area contributed by atoms with Crippen molar-refractivity contribution in [2.45, 2.75) is 57.8 Å². The number of β-lactam (4-membered cyclic amide) rings is 1. The minimum atomic E-state index is -1.06. The number of hydrogen-bond acceptors (Lipinski definition) is 3. The van der Waals surface area contributed by atoms with Gasteiger partial charge in [0, 0.05) is 53.8 Å². The number of amides is 1. The minimum absolute atomic E-state index is 0. The fraction of sp³-hybridized carbons (Fsp3) is 0.923. The molecule has 1 spiro atoms. The Morgan fingerprint density at radius 1 is 1.26 bits per heavy atom. The van der Waals surface area contributed by atoms with Crippen molar-refractivity contribution in [3.8, 4) is 0 Å². The smallest absolute Gasteiger partial charge is 0.0932 e. The molecule has 4 nitrogen and oxygen atoms in total. The van der Waals surface area contributed by atoms with Crippen LogP contribution in [0.5, 0.6) is 0 Å². The van der Waals surface area contributed by atoms with E-state index in [0.717, 1.165) is 0 Å². The van der Waals surface area contributed by atoms with Crippen LogP contribution in [0.3, 0.4) is 0 Å². The van der Waals surface area contributed by atoms with Gasteiger partial charge in [-0.05, 0) is 30.6 Å². The topological polar surface area (TPSA) is 71.6 Å². The zero-order valence-electron chi connectivity index (χ0n) is 12.0. The van der Waals surface area contributed by atoms with Crippen molar-refractivity contribution in [2.24, 2.45) is 17.8 Å². The predicted molar refractivity (Wildman–Crippen MR) is 64.5 cm³/mol. The molecule has 6 heteroatoms. The van der Waals surface area contributed by atoms with Gasteiger partial charge in [0.25, 0.3) is 0 Å². The van der Waals surface area contributed by atoms with Crippen molar-refractivity contribution in [2.75, 3.05) is 0 Å². The maximum absolute atomic E-state index is 11.2. The summed E-state index contributed by atoms with van der Waals surface area (Å²) in [6.45, 7) is 7.76. The van der Waals surface area contributed by atoms with Crippen molar-refractivity contribution in [3.05, 3.63) is 5.32 Å². The average Bonchev–Trinajstić information content (AvgIpc) is 2.28. The van der Waals surface area contributed by atoms with E-state index in [0.29, 0.717) is 12.8 Å². The van der Waals surface area contributed by atoms with Crippen LogP contribution in [-0.2, 0) is 58.6 Å². The standard InChI is InChI=1S/C13H23NO3.W.Y/c1-5-13(17)8(3)7(2)12(6-10(15)14-12)9(4)11(13)16;;/h7-9,11,16-17H,5-6H2,1-4H3,(H,14,15);;/p-1/t7-,8+,9?,11+,12?,13-;;/m1../s1. The zero-order valence-corrected chi connectivity index (χ0v) is 17.7. The van der Waals surface area contributed by atoms with Crippen LogP contribution < -0.4 is 0 Å². The van der Waals surface area contributed by atoms with Gasteiger partial charge in [-0.25, -0.2) is 0 Å². The molecule has 1 aliphatic heterocycles. The molecule has 107 valence electrons. The summed E-state index contributed by atoms with van der Waals surface area (Å²) in [5.41, 5.74) is -1.50. The van der Waals surface area contributed by atoms with E-state index in [1.165, 1.54) is 0 Å². The predicted octanol–water partition coefficient (Wildman–Crippen LogP) is 1.45. The molecule has 2 unspecified atom stereocenters. The van der Waals surface area contributed by atoms with Crippen LogP contribution in [0.15, 0.2) is 0 Å². The Bertz CT molecular complexity index is 327. The molecule has 2 fully saturated rings. The number of hydrogen-bond donors (Lipinski definition) is 2. The molecule has 19 heavy (non-hydrogen) atoms. The average molecular weight is 513 g/mol. The summed E-state index contributed by atoms with van der Waals surface area (Å²) in [5, 5.41) is 25.1. The molecule has 0 aromatic carbocycles. The molecule has 2 N–H and O–H groups in total. The summed E-state index contributed by atoms with van der Waals surface area (Å²) in [4.78, 5) is 11.2. The molecule has 6 atom stereocenters. The molecule has 2 rings (SSSR count). The van der Waals surface area contributed by atoms with Crippen molar-refractivity contribution >= 4 is 5.91 Å². The van der Waals surface area contributed by atoms with Crippen molar-refractivity contribution in [1.29, 1.82) is 0 Å². The molecule has 2 aliphatic rings. The molecule has 1 aliphatic carbocycles. The maximum Gasteiger partial charge on any atom is 0.0932 e. The van der Waals surface area contributed by atoms with Crippen LogP contribution in [-0.4, -0.2) is 33.4 Å². The largest absolute Gasteiger partial charge is 0.647 e. The molecule has 1 saturated heterocycles. The molecule has 1 radical (unpaired) electrons. The Labute approximate surface area is 154 Å². The van der Waals surface area contributed by atoms with Gasteiger partial charge in [0.15, 0.2) is 0 Å². The summed E-state index contributed by atoms with van der Waals surface area (Å²) < 4.78 is 0. The number of aliphatic hydroxyl groups excluding tert-OH is 1. The van der Waals surface area contributed by atoms with E-state index in [2.05, 4.69) is 5.32 Å². The fourth-order valence-electron chi connectivity index (χ4n) is 3.78. The Morgan fingerprint density at radius 3 is 2.11 bits per heavy atom. The maximum atomic E-state index is 11.2. The number of carbonyl (C=O) groups is 1. The monoisotopic (exact) mass is 513 g/mol. The third-order valence-electron chi connectivity index (χ3n) is 5.43. The van der Waals surface area contributed by atoms with Crippen molar-refractivity contribution in [3.63, 3.8) is 0 Å². The molecule has 0 bridgehead atoms. The quantitative estimate of drug-likeness (QED) is 0.522. The van der Waals surface area contributed by atoms with Gasteiger partial charge in [0.2, 0.25) is 0 Å². The van der Waals surface area contributed by atoms with Gasteiger partial charge in [-0.2, -0.15) is 0 Å². The van der Waals surface area contributed by atoms with Crippen LogP contribution in [0, 0.1) is 17.8 Å². The third-order valence-corrected chi connectivity index (χ3v) is 5.43. The number of rotatable bonds is 1. The number of nitrogens with zero attached hydrogens (tertiary/aromatic N) is 1. The van der Waals surface area contributed by atoms with Crippen LogP contribution in [0.25, 0.3) is 5.32 Å². The molecular weight excluding hydrogens is 491 g/mol. The van der Waals surface area contributed by atoms with Crippen LogP contribution >= 0.6 is 0 Å². The molecule has 1 amide bonds. The zero-order chi connectivity index (χ0) is 13.0. The Morgan fingerprint density at radius 2 is 1.74 bits per heavy atom. The van der Waals surface area contributed by atoms with E-state index in [9.17, 15) is 15.0 Å². The van der Waals surface area contributed by atoms with E-state index in [-0.39, 0.29) is 77.4 Å². The second-order valence-corrected chi connectivity index (χ2v) is 5.83. The van der Waals surface area contributed by atoms with Gasteiger partial charge in [0.1, 0.15) is 0 Å². The Hall–Kier alpha value is 1.18. The molecule has 1 heterocycles. The van der Waals surface area contributed by atoms with Gasteiger partial charge >= 0.3 is 0 Å². The van der Waals surface area contributed by atoms with Crippen molar-refractivity contribution < 1.29 is 68.8 Å². The van der Waals surface area contributed by atoms with E-state index in [1.54, 1.807) is 0 Å². The van der Waals surface area contributed by atoms with E-state index < -0.39 is 17.2 Å². The molecular formula is C13H22NO3WY-. The van der Waals surface area contributed by atoms with Gasteiger partial charge < -0.3 is 20.3 Å². The minimum Gasteiger partial charge on any atom is -0.647 e. The summed E-state index contributed by atoms with van der Waals surface area (Å²) in [6.07, 6.45) is 0.125. The van der Waals surface area contributed by atoms with Crippen LogP contribution in [0.4, 0.5) is 0 Å². The summed E-state index contributed by atoms with van der Waals surface area (Å²) in [5.74, 6) is -0.194. The first-order valence-corrected chi connectivity index (χ1v) is 6.45. The van der Waals surface area contributed by atoms with Gasteiger partial charge in [-0.1, -0.05) is 33.2 Å². The fourth-order valence-corrected chi connectivity index (χ4v) is 3.78. The van der Waals surface area contributed by atoms with Gasteiger partial charge in [0.05, 0.1) is 17.6 Å². The van der Waals surface area contributed by atoms with Crippen LogP contribution in [0.1, 0.15) is 40.5 Å². The second kappa shape index (κ2) is 6.52.